The summed E-state index contributed by atoms with van der Waals surface area (Å²) in [7, 11) is 0. The average molecular weight is 487 g/mol. The van der Waals surface area contributed by atoms with Crippen molar-refractivity contribution in [3.05, 3.63) is 93.2 Å². The normalized spacial score (nSPS) is 21.0. The molecule has 2 aromatic carbocycles. The molecule has 0 bridgehead atoms. The highest BCUT2D eigenvalue weighted by Gasteiger charge is 2.46. The number of benzene rings is 2. The summed E-state index contributed by atoms with van der Waals surface area (Å²) in [4.78, 5) is 32.6. The standard InChI is InChI=1S/C30H34N2O2S/c1-20(2)18-31(30(34)26-17-25(26)22-10-5-4-6-11-22)19-28(33)32-15-13-27-24(14-16-35-27)29(32)23-12-8-7-9-21(23)3/h4-12,14,16,20,25-26,29H,13,15,17-19H2,1-3H3. The van der Waals surface area contributed by atoms with E-state index in [1.807, 2.05) is 34.1 Å². The van der Waals surface area contributed by atoms with Gasteiger partial charge in [0.2, 0.25) is 11.8 Å². The lowest BCUT2D eigenvalue weighted by Gasteiger charge is -2.38. The van der Waals surface area contributed by atoms with Gasteiger partial charge in [-0.25, -0.2) is 0 Å². The third-order valence-electron chi connectivity index (χ3n) is 7.33. The quantitative estimate of drug-likeness (QED) is 0.422. The number of aryl methyl sites for hydroxylation is 1. The molecular weight excluding hydrogens is 452 g/mol. The second-order valence-electron chi connectivity index (χ2n) is 10.4. The zero-order valence-electron chi connectivity index (χ0n) is 20.8. The molecule has 0 spiro atoms. The van der Waals surface area contributed by atoms with Gasteiger partial charge in [-0.15, -0.1) is 11.3 Å². The summed E-state index contributed by atoms with van der Waals surface area (Å²) in [5.74, 6) is 0.734. The Hall–Kier alpha value is -2.92. The molecule has 2 amide bonds. The average Bonchev–Trinajstić information content (AvgIpc) is 3.51. The van der Waals surface area contributed by atoms with Gasteiger partial charge in [-0.3, -0.25) is 9.59 Å². The predicted molar refractivity (Wildman–Crippen MR) is 141 cm³/mol. The number of hydrogen-bond donors (Lipinski definition) is 0. The van der Waals surface area contributed by atoms with E-state index in [1.54, 1.807) is 11.3 Å². The summed E-state index contributed by atoms with van der Waals surface area (Å²) in [5.41, 5.74) is 4.82. The van der Waals surface area contributed by atoms with Gasteiger partial charge in [0, 0.05) is 23.9 Å². The van der Waals surface area contributed by atoms with Crippen LogP contribution in [0.5, 0.6) is 0 Å². The molecule has 4 nitrogen and oxygen atoms in total. The molecule has 5 heteroatoms. The molecule has 5 rings (SSSR count). The molecule has 3 atom stereocenters. The van der Waals surface area contributed by atoms with E-state index in [1.165, 1.54) is 27.1 Å². The highest BCUT2D eigenvalue weighted by molar-refractivity contribution is 7.10. The summed E-state index contributed by atoms with van der Waals surface area (Å²) in [6.07, 6.45) is 1.75. The molecule has 0 N–H and O–H groups in total. The Bertz CT molecular complexity index is 1200. The second kappa shape index (κ2) is 9.98. The van der Waals surface area contributed by atoms with Gasteiger partial charge in [0.05, 0.1) is 12.6 Å². The molecule has 1 aromatic heterocycles. The molecule has 182 valence electrons. The summed E-state index contributed by atoms with van der Waals surface area (Å²) in [6, 6.07) is 20.7. The van der Waals surface area contributed by atoms with Crippen molar-refractivity contribution in [2.75, 3.05) is 19.6 Å². The van der Waals surface area contributed by atoms with Crippen LogP contribution in [0.4, 0.5) is 0 Å². The van der Waals surface area contributed by atoms with Gasteiger partial charge in [0.1, 0.15) is 0 Å². The van der Waals surface area contributed by atoms with Crippen LogP contribution in [-0.4, -0.2) is 41.2 Å². The van der Waals surface area contributed by atoms with E-state index in [4.69, 9.17) is 0 Å². The van der Waals surface area contributed by atoms with Crippen molar-refractivity contribution in [1.29, 1.82) is 0 Å². The van der Waals surface area contributed by atoms with Crippen LogP contribution < -0.4 is 0 Å². The van der Waals surface area contributed by atoms with E-state index in [2.05, 4.69) is 62.5 Å². The molecule has 2 aliphatic rings. The third-order valence-corrected chi connectivity index (χ3v) is 8.32. The van der Waals surface area contributed by atoms with Crippen molar-refractivity contribution < 1.29 is 9.59 Å². The van der Waals surface area contributed by atoms with Crippen LogP contribution in [0.2, 0.25) is 0 Å². The van der Waals surface area contributed by atoms with Gasteiger partial charge in [0.15, 0.2) is 0 Å². The van der Waals surface area contributed by atoms with Gasteiger partial charge in [0.25, 0.3) is 0 Å². The predicted octanol–water partition coefficient (Wildman–Crippen LogP) is 5.82. The van der Waals surface area contributed by atoms with Crippen molar-refractivity contribution in [2.24, 2.45) is 11.8 Å². The topological polar surface area (TPSA) is 40.6 Å². The number of nitrogens with zero attached hydrogens (tertiary/aromatic N) is 2. The lowest BCUT2D eigenvalue weighted by molar-refractivity contribution is -0.143. The van der Waals surface area contributed by atoms with Crippen LogP contribution in [-0.2, 0) is 16.0 Å². The highest BCUT2D eigenvalue weighted by atomic mass is 32.1. The maximum Gasteiger partial charge on any atom is 0.242 e. The van der Waals surface area contributed by atoms with Crippen LogP contribution in [0.15, 0.2) is 66.0 Å². The fourth-order valence-electron chi connectivity index (χ4n) is 5.51. The van der Waals surface area contributed by atoms with Gasteiger partial charge >= 0.3 is 0 Å². The smallest absolute Gasteiger partial charge is 0.242 e. The van der Waals surface area contributed by atoms with Crippen molar-refractivity contribution in [3.8, 4) is 0 Å². The Balaban J connectivity index is 1.37. The van der Waals surface area contributed by atoms with E-state index in [9.17, 15) is 9.59 Å². The Morgan fingerprint density at radius 3 is 2.51 bits per heavy atom. The molecule has 0 radical (unpaired) electrons. The van der Waals surface area contributed by atoms with Crippen molar-refractivity contribution in [1.82, 2.24) is 9.80 Å². The van der Waals surface area contributed by atoms with Gasteiger partial charge in [-0.05, 0) is 65.3 Å². The molecule has 1 fully saturated rings. The number of carbonyl (C=O) groups excluding carboxylic acids is 2. The largest absolute Gasteiger partial charge is 0.333 e. The number of thiophene rings is 1. The third kappa shape index (κ3) is 4.92. The summed E-state index contributed by atoms with van der Waals surface area (Å²) in [6.45, 7) is 7.78. The maximum absolute atomic E-state index is 13.9. The van der Waals surface area contributed by atoms with Crippen molar-refractivity contribution in [2.45, 2.75) is 45.6 Å². The molecular formula is C30H34N2O2S. The van der Waals surface area contributed by atoms with E-state index in [0.29, 0.717) is 19.0 Å². The molecule has 1 aliphatic carbocycles. The fourth-order valence-corrected chi connectivity index (χ4v) is 6.42. The summed E-state index contributed by atoms with van der Waals surface area (Å²) in [5, 5.41) is 2.13. The molecule has 1 saturated carbocycles. The minimum Gasteiger partial charge on any atom is -0.333 e. The van der Waals surface area contributed by atoms with Crippen LogP contribution in [0.1, 0.15) is 59.4 Å². The number of amides is 2. The van der Waals surface area contributed by atoms with Crippen LogP contribution in [0, 0.1) is 18.8 Å². The lowest BCUT2D eigenvalue weighted by Crippen LogP contribution is -2.48. The second-order valence-corrected chi connectivity index (χ2v) is 11.4. The number of carbonyl (C=O) groups is 2. The number of hydrogen-bond acceptors (Lipinski definition) is 3. The lowest BCUT2D eigenvalue weighted by atomic mass is 9.90. The first-order valence-electron chi connectivity index (χ1n) is 12.7. The van der Waals surface area contributed by atoms with Crippen LogP contribution in [0.25, 0.3) is 0 Å². The summed E-state index contributed by atoms with van der Waals surface area (Å²) >= 11 is 1.78. The van der Waals surface area contributed by atoms with Crippen LogP contribution in [0.3, 0.4) is 0 Å². The first kappa shape index (κ1) is 23.8. The zero-order valence-corrected chi connectivity index (χ0v) is 21.6. The first-order valence-corrected chi connectivity index (χ1v) is 13.6. The molecule has 35 heavy (non-hydrogen) atoms. The Morgan fingerprint density at radius 2 is 1.77 bits per heavy atom. The van der Waals surface area contributed by atoms with Crippen molar-refractivity contribution >= 4 is 23.2 Å². The van der Waals surface area contributed by atoms with Gasteiger partial charge < -0.3 is 9.80 Å². The minimum atomic E-state index is -0.0901. The van der Waals surface area contributed by atoms with Crippen molar-refractivity contribution in [3.63, 3.8) is 0 Å². The SMILES string of the molecule is Cc1ccccc1C1c2ccsc2CCN1C(=O)CN(CC(C)C)C(=O)C1CC1c1ccccc1. The zero-order chi connectivity index (χ0) is 24.5. The van der Waals surface area contributed by atoms with Gasteiger partial charge in [-0.1, -0.05) is 68.4 Å². The fraction of sp³-hybridized carbons (Fsp3) is 0.400. The molecule has 3 unspecified atom stereocenters. The Kier molecular flexibility index (Phi) is 6.79. The minimum absolute atomic E-state index is 0.0130. The summed E-state index contributed by atoms with van der Waals surface area (Å²) < 4.78 is 0. The first-order chi connectivity index (χ1) is 16.9. The van der Waals surface area contributed by atoms with Gasteiger partial charge in [-0.2, -0.15) is 0 Å². The molecule has 1 aliphatic heterocycles. The van der Waals surface area contributed by atoms with E-state index >= 15 is 0 Å². The van der Waals surface area contributed by atoms with Crippen LogP contribution >= 0.6 is 11.3 Å². The molecule has 3 aromatic rings. The maximum atomic E-state index is 13.9. The Morgan fingerprint density at radius 1 is 1.03 bits per heavy atom. The monoisotopic (exact) mass is 486 g/mol. The van der Waals surface area contributed by atoms with E-state index in [-0.39, 0.29) is 36.2 Å². The number of rotatable bonds is 7. The van der Waals surface area contributed by atoms with E-state index < -0.39 is 0 Å². The molecule has 2 heterocycles. The highest BCUT2D eigenvalue weighted by Crippen LogP contribution is 2.48. The molecule has 0 saturated heterocycles. The number of fused-ring (bicyclic) bond motifs is 1. The van der Waals surface area contributed by atoms with E-state index in [0.717, 1.165) is 12.8 Å². The Labute approximate surface area is 212 Å².